The molecule has 100 valence electrons. The Morgan fingerprint density at radius 3 is 2.72 bits per heavy atom. The van der Waals surface area contributed by atoms with Gasteiger partial charge in [0.1, 0.15) is 5.75 Å². The average Bonchev–Trinajstić information content (AvgIpc) is 2.38. The van der Waals surface area contributed by atoms with Gasteiger partial charge in [0, 0.05) is 7.11 Å². The molecule has 1 rings (SSSR count). The fraction of sp³-hybridized carbons (Fsp3) is 0.417. The summed E-state index contributed by atoms with van der Waals surface area (Å²) < 4.78 is 9.97. The van der Waals surface area contributed by atoms with Gasteiger partial charge in [-0.1, -0.05) is 12.1 Å². The normalized spacial score (nSPS) is 11.7. The lowest BCUT2D eigenvalue weighted by Gasteiger charge is -2.16. The minimum Gasteiger partial charge on any atom is -0.495 e. The van der Waals surface area contributed by atoms with Crippen LogP contribution in [0, 0.1) is 0 Å². The molecule has 0 heterocycles. The molecule has 0 saturated carbocycles. The monoisotopic (exact) mass is 254 g/mol. The number of nitrogens with one attached hydrogen (secondary N) is 2. The first-order valence-corrected chi connectivity index (χ1v) is 5.51. The third-order valence-corrected chi connectivity index (χ3v) is 2.28. The van der Waals surface area contributed by atoms with Gasteiger partial charge in [0.25, 0.3) is 0 Å². The minimum atomic E-state index is -0.440. The second-order valence-electron chi connectivity index (χ2n) is 3.63. The van der Waals surface area contributed by atoms with E-state index in [0.717, 1.165) is 0 Å². The summed E-state index contributed by atoms with van der Waals surface area (Å²) in [6, 6.07) is 6.21. The molecular formula is C12H18N2O4. The maximum Gasteiger partial charge on any atom is 0.319 e. The van der Waals surface area contributed by atoms with Crippen LogP contribution in [0.5, 0.6) is 5.75 Å². The fourth-order valence-electron chi connectivity index (χ4n) is 1.43. The molecule has 0 saturated heterocycles. The van der Waals surface area contributed by atoms with Gasteiger partial charge in [0.2, 0.25) is 0 Å². The third kappa shape index (κ3) is 4.23. The molecule has 6 nitrogen and oxygen atoms in total. The summed E-state index contributed by atoms with van der Waals surface area (Å²) in [4.78, 5) is 11.7. The summed E-state index contributed by atoms with van der Waals surface area (Å²) in [5.41, 5.74) is 0.562. The van der Waals surface area contributed by atoms with E-state index in [1.165, 1.54) is 14.2 Å². The number of amides is 2. The zero-order valence-electron chi connectivity index (χ0n) is 10.5. The first-order chi connectivity index (χ1) is 8.71. The maximum atomic E-state index is 11.7. The SMILES string of the molecule is COCC(CO)NC(=O)Nc1ccccc1OC. The van der Waals surface area contributed by atoms with Crippen molar-refractivity contribution in [3.63, 3.8) is 0 Å². The van der Waals surface area contributed by atoms with Crippen LogP contribution < -0.4 is 15.4 Å². The number of methoxy groups -OCH3 is 2. The molecule has 1 aromatic carbocycles. The molecule has 2 amide bonds. The second-order valence-corrected chi connectivity index (χ2v) is 3.63. The molecule has 1 aromatic rings. The molecule has 0 spiro atoms. The molecule has 1 atom stereocenters. The Balaban J connectivity index is 2.58. The molecule has 0 aromatic heterocycles. The van der Waals surface area contributed by atoms with Crippen molar-refractivity contribution in [3.8, 4) is 5.75 Å². The Labute approximate surface area is 106 Å². The van der Waals surface area contributed by atoms with Crippen LogP contribution in [0.15, 0.2) is 24.3 Å². The highest BCUT2D eigenvalue weighted by molar-refractivity contribution is 5.91. The second kappa shape index (κ2) is 7.52. The molecule has 0 aliphatic carbocycles. The third-order valence-electron chi connectivity index (χ3n) is 2.28. The number of carbonyl (C=O) groups is 1. The summed E-state index contributed by atoms with van der Waals surface area (Å²) in [5.74, 6) is 0.569. The summed E-state index contributed by atoms with van der Waals surface area (Å²) in [5, 5.41) is 14.3. The topological polar surface area (TPSA) is 79.8 Å². The molecular weight excluding hydrogens is 236 g/mol. The first kappa shape index (κ1) is 14.3. The van der Waals surface area contributed by atoms with Gasteiger partial charge in [-0.15, -0.1) is 0 Å². The van der Waals surface area contributed by atoms with Crippen molar-refractivity contribution >= 4 is 11.7 Å². The average molecular weight is 254 g/mol. The summed E-state index contributed by atoms with van der Waals surface area (Å²) >= 11 is 0. The van der Waals surface area contributed by atoms with Gasteiger partial charge in [-0.05, 0) is 12.1 Å². The molecule has 3 N–H and O–H groups in total. The number of rotatable bonds is 6. The van der Waals surface area contributed by atoms with E-state index in [0.29, 0.717) is 11.4 Å². The van der Waals surface area contributed by atoms with Gasteiger partial charge in [-0.25, -0.2) is 4.79 Å². The molecule has 0 aliphatic rings. The zero-order chi connectivity index (χ0) is 13.4. The smallest absolute Gasteiger partial charge is 0.319 e. The van der Waals surface area contributed by atoms with Crippen LogP contribution in [0.2, 0.25) is 0 Å². The lowest BCUT2D eigenvalue weighted by molar-refractivity contribution is 0.132. The number of ether oxygens (including phenoxy) is 2. The van der Waals surface area contributed by atoms with E-state index in [1.54, 1.807) is 18.2 Å². The van der Waals surface area contributed by atoms with Crippen LogP contribution in [0.1, 0.15) is 0 Å². The number of hydrogen-bond acceptors (Lipinski definition) is 4. The van der Waals surface area contributed by atoms with Gasteiger partial charge in [-0.2, -0.15) is 0 Å². The van der Waals surface area contributed by atoms with Gasteiger partial charge >= 0.3 is 6.03 Å². The molecule has 1 unspecified atom stereocenters. The molecule has 18 heavy (non-hydrogen) atoms. The molecule has 0 fully saturated rings. The Hall–Kier alpha value is -1.79. The molecule has 0 aliphatic heterocycles. The number of carbonyl (C=O) groups excluding carboxylic acids is 1. The Morgan fingerprint density at radius 2 is 2.11 bits per heavy atom. The zero-order valence-corrected chi connectivity index (χ0v) is 10.5. The van der Waals surface area contributed by atoms with E-state index in [4.69, 9.17) is 14.6 Å². The van der Waals surface area contributed by atoms with Crippen LogP contribution in [0.25, 0.3) is 0 Å². The lowest BCUT2D eigenvalue weighted by atomic mass is 10.3. The van der Waals surface area contributed by atoms with E-state index < -0.39 is 12.1 Å². The standard InChI is InChI=1S/C12H18N2O4/c1-17-8-9(7-15)13-12(16)14-10-5-3-4-6-11(10)18-2/h3-6,9,15H,7-8H2,1-2H3,(H2,13,14,16). The molecule has 6 heteroatoms. The predicted molar refractivity (Wildman–Crippen MR) is 67.9 cm³/mol. The van der Waals surface area contributed by atoms with E-state index in [2.05, 4.69) is 10.6 Å². The summed E-state index contributed by atoms with van der Waals surface area (Å²) in [7, 11) is 3.03. The van der Waals surface area contributed by atoms with E-state index >= 15 is 0 Å². The number of aliphatic hydroxyl groups is 1. The van der Waals surface area contributed by atoms with Crippen molar-refractivity contribution in [2.24, 2.45) is 0 Å². The summed E-state index contributed by atoms with van der Waals surface area (Å²) in [6.45, 7) is 0.0586. The highest BCUT2D eigenvalue weighted by Crippen LogP contribution is 2.22. The van der Waals surface area contributed by atoms with Crippen LogP contribution in [0.4, 0.5) is 10.5 Å². The number of hydrogen-bond donors (Lipinski definition) is 3. The van der Waals surface area contributed by atoms with Crippen LogP contribution in [-0.2, 0) is 4.74 Å². The fourth-order valence-corrected chi connectivity index (χ4v) is 1.43. The number of aliphatic hydroxyl groups excluding tert-OH is 1. The Bertz CT molecular complexity index is 384. The number of anilines is 1. The Kier molecular flexibility index (Phi) is 5.96. The molecule has 0 bridgehead atoms. The van der Waals surface area contributed by atoms with Gasteiger partial charge in [-0.3, -0.25) is 0 Å². The number of para-hydroxylation sites is 2. The first-order valence-electron chi connectivity index (χ1n) is 5.51. The summed E-state index contributed by atoms with van der Waals surface area (Å²) in [6.07, 6.45) is 0. The van der Waals surface area contributed by atoms with E-state index in [-0.39, 0.29) is 13.2 Å². The number of urea groups is 1. The van der Waals surface area contributed by atoms with Gasteiger partial charge in [0.05, 0.1) is 32.1 Å². The van der Waals surface area contributed by atoms with Gasteiger partial charge in [0.15, 0.2) is 0 Å². The number of benzene rings is 1. The van der Waals surface area contributed by atoms with Crippen LogP contribution >= 0.6 is 0 Å². The highest BCUT2D eigenvalue weighted by Gasteiger charge is 2.12. The highest BCUT2D eigenvalue weighted by atomic mass is 16.5. The lowest BCUT2D eigenvalue weighted by Crippen LogP contribution is -2.42. The molecule has 0 radical (unpaired) electrons. The van der Waals surface area contributed by atoms with Crippen LogP contribution in [0.3, 0.4) is 0 Å². The van der Waals surface area contributed by atoms with Crippen LogP contribution in [-0.4, -0.2) is 44.6 Å². The van der Waals surface area contributed by atoms with Crippen molar-refractivity contribution in [1.82, 2.24) is 5.32 Å². The van der Waals surface area contributed by atoms with Gasteiger partial charge < -0.3 is 25.2 Å². The maximum absolute atomic E-state index is 11.7. The van der Waals surface area contributed by atoms with Crippen molar-refractivity contribution in [2.45, 2.75) is 6.04 Å². The Morgan fingerprint density at radius 1 is 1.39 bits per heavy atom. The van der Waals surface area contributed by atoms with Crippen molar-refractivity contribution in [2.75, 3.05) is 32.8 Å². The minimum absolute atomic E-state index is 0.187. The van der Waals surface area contributed by atoms with E-state index in [1.807, 2.05) is 6.07 Å². The van der Waals surface area contributed by atoms with Crippen molar-refractivity contribution in [3.05, 3.63) is 24.3 Å². The van der Waals surface area contributed by atoms with E-state index in [9.17, 15) is 4.79 Å². The van der Waals surface area contributed by atoms with Crippen molar-refractivity contribution < 1.29 is 19.4 Å². The largest absolute Gasteiger partial charge is 0.495 e. The quantitative estimate of drug-likeness (QED) is 0.702. The predicted octanol–water partition coefficient (Wildman–Crippen LogP) is 0.824. The van der Waals surface area contributed by atoms with Crippen molar-refractivity contribution in [1.29, 1.82) is 0 Å².